The summed E-state index contributed by atoms with van der Waals surface area (Å²) in [4.78, 5) is 0. The van der Waals surface area contributed by atoms with Gasteiger partial charge in [0.15, 0.2) is 11.5 Å². The van der Waals surface area contributed by atoms with Crippen LogP contribution in [0.15, 0.2) is 36.4 Å². The number of methoxy groups -OCH3 is 1. The van der Waals surface area contributed by atoms with Crippen LogP contribution in [0.4, 0.5) is 0 Å². The number of hydrogen-bond donors (Lipinski definition) is 2. The Morgan fingerprint density at radius 1 is 1.17 bits per heavy atom. The highest BCUT2D eigenvalue weighted by Crippen LogP contribution is 2.25. The molecule has 0 saturated heterocycles. The molecule has 0 aromatic heterocycles. The van der Waals surface area contributed by atoms with E-state index in [4.69, 9.17) is 14.2 Å². The van der Waals surface area contributed by atoms with Crippen molar-refractivity contribution in [2.75, 3.05) is 40.0 Å². The van der Waals surface area contributed by atoms with E-state index >= 15 is 0 Å². The maximum atomic E-state index is 9.78. The molecule has 5 heteroatoms. The molecule has 1 atom stereocenters. The van der Waals surface area contributed by atoms with Crippen molar-refractivity contribution in [3.05, 3.63) is 36.4 Å². The monoisotopic (exact) mass is 323 g/mol. The van der Waals surface area contributed by atoms with E-state index in [0.717, 1.165) is 24.3 Å². The molecule has 0 radical (unpaired) electrons. The SMILES string of the molecule is CC/C=C/CCOC[C@H](O)CNCCOc1ccccc1OC. The largest absolute Gasteiger partial charge is 0.493 e. The number of rotatable bonds is 13. The predicted octanol–water partition coefficient (Wildman–Crippen LogP) is 2.40. The van der Waals surface area contributed by atoms with Crippen molar-refractivity contribution in [1.29, 1.82) is 0 Å². The molecule has 0 aliphatic heterocycles. The van der Waals surface area contributed by atoms with Crippen LogP contribution in [0.1, 0.15) is 19.8 Å². The van der Waals surface area contributed by atoms with Crippen LogP contribution in [0, 0.1) is 0 Å². The Balaban J connectivity index is 2.02. The van der Waals surface area contributed by atoms with Gasteiger partial charge in [0, 0.05) is 13.1 Å². The number of allylic oxidation sites excluding steroid dienone is 1. The molecule has 2 N–H and O–H groups in total. The quantitative estimate of drug-likeness (QED) is 0.431. The molecule has 1 rings (SSSR count). The second-order valence-corrected chi connectivity index (χ2v) is 5.10. The predicted molar refractivity (Wildman–Crippen MR) is 92.2 cm³/mol. The Labute approximate surface area is 139 Å². The highest BCUT2D eigenvalue weighted by atomic mass is 16.5. The lowest BCUT2D eigenvalue weighted by Crippen LogP contribution is -2.33. The van der Waals surface area contributed by atoms with E-state index in [1.807, 2.05) is 24.3 Å². The normalized spacial score (nSPS) is 12.5. The zero-order chi connectivity index (χ0) is 16.8. The summed E-state index contributed by atoms with van der Waals surface area (Å²) in [5.41, 5.74) is 0. The fraction of sp³-hybridized carbons (Fsp3) is 0.556. The van der Waals surface area contributed by atoms with Gasteiger partial charge in [-0.2, -0.15) is 0 Å². The molecule has 0 fully saturated rings. The fourth-order valence-corrected chi connectivity index (χ4v) is 1.95. The maximum absolute atomic E-state index is 9.78. The van der Waals surface area contributed by atoms with Crippen LogP contribution < -0.4 is 14.8 Å². The second-order valence-electron chi connectivity index (χ2n) is 5.10. The van der Waals surface area contributed by atoms with Crippen LogP contribution in [-0.4, -0.2) is 51.2 Å². The lowest BCUT2D eigenvalue weighted by molar-refractivity contribution is 0.0387. The fourth-order valence-electron chi connectivity index (χ4n) is 1.95. The Bertz CT molecular complexity index is 437. The Kier molecular flexibility index (Phi) is 11.0. The number of aliphatic hydroxyl groups excluding tert-OH is 1. The molecule has 0 bridgehead atoms. The number of ether oxygens (including phenoxy) is 3. The lowest BCUT2D eigenvalue weighted by Gasteiger charge is -2.13. The van der Waals surface area contributed by atoms with Gasteiger partial charge >= 0.3 is 0 Å². The van der Waals surface area contributed by atoms with Crippen molar-refractivity contribution in [1.82, 2.24) is 5.32 Å². The standard InChI is InChI=1S/C18H29NO4/c1-3-4-5-8-12-22-15-16(20)14-19-11-13-23-18-10-7-6-9-17(18)21-2/h4-7,9-10,16,19-20H,3,8,11-15H2,1-2H3/b5-4+/t16-/m1/s1. The molecule has 0 spiro atoms. The number of benzene rings is 1. The zero-order valence-electron chi connectivity index (χ0n) is 14.2. The second kappa shape index (κ2) is 12.9. The summed E-state index contributed by atoms with van der Waals surface area (Å²) in [5, 5.41) is 12.9. The first-order chi connectivity index (χ1) is 11.3. The highest BCUT2D eigenvalue weighted by molar-refractivity contribution is 5.39. The third-order valence-electron chi connectivity index (χ3n) is 3.13. The molecule has 0 aliphatic rings. The maximum Gasteiger partial charge on any atom is 0.161 e. The van der Waals surface area contributed by atoms with Gasteiger partial charge in [-0.1, -0.05) is 31.2 Å². The molecule has 130 valence electrons. The third kappa shape index (κ3) is 9.23. The lowest BCUT2D eigenvalue weighted by atomic mass is 10.3. The van der Waals surface area contributed by atoms with Crippen molar-refractivity contribution in [3.63, 3.8) is 0 Å². The van der Waals surface area contributed by atoms with Crippen LogP contribution in [-0.2, 0) is 4.74 Å². The molecular weight excluding hydrogens is 294 g/mol. The number of nitrogens with one attached hydrogen (secondary N) is 1. The summed E-state index contributed by atoms with van der Waals surface area (Å²) in [7, 11) is 1.62. The zero-order valence-corrected chi connectivity index (χ0v) is 14.2. The van der Waals surface area contributed by atoms with Gasteiger partial charge in [0.25, 0.3) is 0 Å². The molecule has 0 unspecified atom stereocenters. The van der Waals surface area contributed by atoms with Gasteiger partial charge < -0.3 is 24.6 Å². The molecular formula is C18H29NO4. The van der Waals surface area contributed by atoms with Gasteiger partial charge in [-0.05, 0) is 25.0 Å². The summed E-state index contributed by atoms with van der Waals surface area (Å²) < 4.78 is 16.3. The molecule has 0 amide bonds. The first-order valence-electron chi connectivity index (χ1n) is 8.15. The van der Waals surface area contributed by atoms with E-state index < -0.39 is 6.10 Å². The van der Waals surface area contributed by atoms with Crippen molar-refractivity contribution < 1.29 is 19.3 Å². The minimum atomic E-state index is -0.503. The van der Waals surface area contributed by atoms with Gasteiger partial charge in [-0.25, -0.2) is 0 Å². The minimum Gasteiger partial charge on any atom is -0.493 e. The summed E-state index contributed by atoms with van der Waals surface area (Å²) >= 11 is 0. The van der Waals surface area contributed by atoms with Gasteiger partial charge in [0.05, 0.1) is 26.4 Å². The van der Waals surface area contributed by atoms with E-state index in [1.54, 1.807) is 7.11 Å². The van der Waals surface area contributed by atoms with Gasteiger partial charge in [0.2, 0.25) is 0 Å². The Morgan fingerprint density at radius 2 is 1.96 bits per heavy atom. The van der Waals surface area contributed by atoms with Gasteiger partial charge in [-0.15, -0.1) is 0 Å². The van der Waals surface area contributed by atoms with Crippen LogP contribution in [0.5, 0.6) is 11.5 Å². The first kappa shape index (κ1) is 19.5. The molecule has 0 aliphatic carbocycles. The summed E-state index contributed by atoms with van der Waals surface area (Å²) in [6.07, 6.45) is 5.64. The van der Waals surface area contributed by atoms with Crippen LogP contribution >= 0.6 is 0 Å². The van der Waals surface area contributed by atoms with E-state index in [2.05, 4.69) is 24.4 Å². The minimum absolute atomic E-state index is 0.348. The van der Waals surface area contributed by atoms with E-state index in [-0.39, 0.29) is 0 Å². The number of para-hydroxylation sites is 2. The van der Waals surface area contributed by atoms with Gasteiger partial charge in [0.1, 0.15) is 6.61 Å². The first-order valence-corrected chi connectivity index (χ1v) is 8.15. The average molecular weight is 323 g/mol. The molecule has 1 aromatic carbocycles. The average Bonchev–Trinajstić information content (AvgIpc) is 2.58. The molecule has 23 heavy (non-hydrogen) atoms. The number of aliphatic hydroxyl groups is 1. The van der Waals surface area contributed by atoms with Crippen molar-refractivity contribution in [3.8, 4) is 11.5 Å². The Hall–Kier alpha value is -1.56. The third-order valence-corrected chi connectivity index (χ3v) is 3.13. The van der Waals surface area contributed by atoms with Crippen molar-refractivity contribution >= 4 is 0 Å². The topological polar surface area (TPSA) is 60.0 Å². The van der Waals surface area contributed by atoms with Crippen molar-refractivity contribution in [2.24, 2.45) is 0 Å². The highest BCUT2D eigenvalue weighted by Gasteiger charge is 2.04. The molecule has 0 heterocycles. The van der Waals surface area contributed by atoms with E-state index in [0.29, 0.717) is 32.9 Å². The summed E-state index contributed by atoms with van der Waals surface area (Å²) in [6.45, 7) is 4.74. The van der Waals surface area contributed by atoms with Crippen LogP contribution in [0.3, 0.4) is 0 Å². The molecule has 5 nitrogen and oxygen atoms in total. The van der Waals surface area contributed by atoms with E-state index in [9.17, 15) is 5.11 Å². The van der Waals surface area contributed by atoms with Crippen LogP contribution in [0.25, 0.3) is 0 Å². The summed E-state index contributed by atoms with van der Waals surface area (Å²) in [6, 6.07) is 7.54. The molecule has 0 saturated carbocycles. The molecule has 1 aromatic rings. The van der Waals surface area contributed by atoms with E-state index in [1.165, 1.54) is 0 Å². The number of hydrogen-bond acceptors (Lipinski definition) is 5. The Morgan fingerprint density at radius 3 is 2.70 bits per heavy atom. The van der Waals surface area contributed by atoms with Crippen LogP contribution in [0.2, 0.25) is 0 Å². The van der Waals surface area contributed by atoms with Gasteiger partial charge in [-0.3, -0.25) is 0 Å². The van der Waals surface area contributed by atoms with Crippen molar-refractivity contribution in [2.45, 2.75) is 25.9 Å². The smallest absolute Gasteiger partial charge is 0.161 e. The summed E-state index contributed by atoms with van der Waals surface area (Å²) in [5.74, 6) is 1.44.